The zero-order chi connectivity index (χ0) is 27.0. The van der Waals surface area contributed by atoms with E-state index in [0.29, 0.717) is 29.7 Å². The van der Waals surface area contributed by atoms with Gasteiger partial charge in [0.1, 0.15) is 12.4 Å². The van der Waals surface area contributed by atoms with Crippen LogP contribution >= 0.6 is 0 Å². The first kappa shape index (κ1) is 25.9. The van der Waals surface area contributed by atoms with Crippen LogP contribution in [0, 0.1) is 0 Å². The van der Waals surface area contributed by atoms with E-state index in [-0.39, 0.29) is 24.1 Å². The lowest BCUT2D eigenvalue weighted by Gasteiger charge is -2.37. The van der Waals surface area contributed by atoms with Gasteiger partial charge in [0.15, 0.2) is 5.78 Å². The Balaban J connectivity index is 1.59. The minimum absolute atomic E-state index is 0.00868. The molecule has 8 heteroatoms. The van der Waals surface area contributed by atoms with Crippen LogP contribution in [0.2, 0.25) is 0 Å². The molecule has 1 aliphatic heterocycles. The fraction of sp³-hybridized carbons (Fsp3) is 0.300. The second-order valence-corrected chi connectivity index (χ2v) is 12.8. The number of aromatic nitrogens is 1. The monoisotopic (exact) mass is 532 g/mol. The van der Waals surface area contributed by atoms with Crippen LogP contribution in [0.25, 0.3) is 10.9 Å². The summed E-state index contributed by atoms with van der Waals surface area (Å²) in [5, 5.41) is 4.33. The summed E-state index contributed by atoms with van der Waals surface area (Å²) >= 11 is 0. The van der Waals surface area contributed by atoms with Gasteiger partial charge in [-0.15, -0.1) is 0 Å². The maximum atomic E-state index is 13.9. The molecule has 7 nitrogen and oxygen atoms in total. The van der Waals surface area contributed by atoms with Crippen LogP contribution in [0.15, 0.2) is 77.3 Å². The van der Waals surface area contributed by atoms with Crippen molar-refractivity contribution in [3.63, 3.8) is 0 Å². The summed E-state index contributed by atoms with van der Waals surface area (Å²) in [6, 6.07) is 15.6. The second-order valence-electron chi connectivity index (χ2n) is 10.1. The predicted molar refractivity (Wildman–Crippen MR) is 151 cm³/mol. The van der Waals surface area contributed by atoms with Crippen LogP contribution in [0.4, 0.5) is 0 Å². The molecule has 198 valence electrons. The first-order valence-electron chi connectivity index (χ1n) is 12.6. The van der Waals surface area contributed by atoms with Crippen LogP contribution in [0.3, 0.4) is 0 Å². The molecule has 5 rings (SSSR count). The standard InChI is InChI=1S/C30H32N2O5S/c1-18-27(30(34)37-14-15-38(3,4)35)28(22-9-7-10-23-21(22)12-13-31-23)29-24(32-18)16-19(17-25(29)33)20-8-5-6-11-26(20)36-2/h5-13,19,28,31-32H,3,14-17H2,1-2,4H3/t19-,28?,38?/m1/s1. The number of rotatable bonds is 7. The molecule has 3 atom stereocenters. The maximum absolute atomic E-state index is 13.9. The van der Waals surface area contributed by atoms with Crippen molar-refractivity contribution in [1.29, 1.82) is 0 Å². The summed E-state index contributed by atoms with van der Waals surface area (Å²) in [7, 11) is -0.668. The minimum Gasteiger partial charge on any atom is -0.496 e. The highest BCUT2D eigenvalue weighted by atomic mass is 32.2. The number of carbonyl (C=O) groups excluding carboxylic acids is 2. The van der Waals surface area contributed by atoms with E-state index in [0.717, 1.165) is 33.5 Å². The number of Topliss-reactive ketones (excluding diaryl/α,β-unsaturated/α-hetero) is 1. The maximum Gasteiger partial charge on any atom is 0.336 e. The first-order chi connectivity index (χ1) is 18.2. The molecule has 2 unspecified atom stereocenters. The number of hydrogen-bond donors (Lipinski definition) is 2. The number of para-hydroxylation sites is 1. The van der Waals surface area contributed by atoms with Gasteiger partial charge in [-0.2, -0.15) is 0 Å². The summed E-state index contributed by atoms with van der Waals surface area (Å²) < 4.78 is 23.2. The van der Waals surface area contributed by atoms with E-state index in [2.05, 4.69) is 16.2 Å². The van der Waals surface area contributed by atoms with Gasteiger partial charge in [-0.05, 0) is 58.1 Å². The molecular formula is C30H32N2O5S. The van der Waals surface area contributed by atoms with Gasteiger partial charge in [0, 0.05) is 64.3 Å². The SMILES string of the molecule is C=S(C)(=O)CCOC(=O)C1=C(C)NC2=C(C(=O)C[C@H](c3ccccc3OC)C2)C1c1cccc2[nH]ccc12. The van der Waals surface area contributed by atoms with Crippen LogP contribution in [0.1, 0.15) is 42.7 Å². The van der Waals surface area contributed by atoms with Gasteiger partial charge < -0.3 is 19.8 Å². The minimum atomic E-state index is -2.30. The number of H-pyrrole nitrogens is 1. The lowest BCUT2D eigenvalue weighted by Crippen LogP contribution is -2.36. The Bertz CT molecular complexity index is 1600. The highest BCUT2D eigenvalue weighted by molar-refractivity contribution is 7.99. The third kappa shape index (κ3) is 4.88. The lowest BCUT2D eigenvalue weighted by molar-refractivity contribution is -0.138. The van der Waals surface area contributed by atoms with E-state index in [1.807, 2.05) is 61.7 Å². The van der Waals surface area contributed by atoms with E-state index in [9.17, 15) is 13.8 Å². The topological polar surface area (TPSA) is 97.5 Å². The van der Waals surface area contributed by atoms with Crippen molar-refractivity contribution in [3.05, 3.63) is 88.4 Å². The lowest BCUT2D eigenvalue weighted by atomic mass is 9.71. The van der Waals surface area contributed by atoms with E-state index >= 15 is 0 Å². The number of benzene rings is 2. The molecule has 0 saturated heterocycles. The van der Waals surface area contributed by atoms with E-state index in [1.54, 1.807) is 13.4 Å². The number of ketones is 1. The van der Waals surface area contributed by atoms with Crippen LogP contribution in [0.5, 0.6) is 5.75 Å². The van der Waals surface area contributed by atoms with Crippen molar-refractivity contribution in [2.24, 2.45) is 0 Å². The number of dihydropyridines is 1. The number of carbonyl (C=O) groups is 2. The highest BCUT2D eigenvalue weighted by Crippen LogP contribution is 2.48. The molecule has 38 heavy (non-hydrogen) atoms. The van der Waals surface area contributed by atoms with Gasteiger partial charge in [0.25, 0.3) is 0 Å². The summed E-state index contributed by atoms with van der Waals surface area (Å²) in [6.07, 6.45) is 4.31. The quantitative estimate of drug-likeness (QED) is 0.345. The Morgan fingerprint density at radius 1 is 1.11 bits per heavy atom. The molecule has 0 saturated carbocycles. The smallest absolute Gasteiger partial charge is 0.336 e. The Hall–Kier alpha value is -3.78. The molecule has 2 N–H and O–H groups in total. The summed E-state index contributed by atoms with van der Waals surface area (Å²) in [5.74, 6) is 3.39. The number of nitrogens with one attached hydrogen (secondary N) is 2. The van der Waals surface area contributed by atoms with Crippen molar-refractivity contribution < 1.29 is 23.3 Å². The summed E-state index contributed by atoms with van der Waals surface area (Å²) in [6.45, 7) is 1.83. The molecule has 2 aromatic carbocycles. The number of hydrogen-bond acceptors (Lipinski definition) is 6. The molecule has 0 amide bonds. The van der Waals surface area contributed by atoms with Gasteiger partial charge in [-0.1, -0.05) is 30.3 Å². The largest absolute Gasteiger partial charge is 0.496 e. The van der Waals surface area contributed by atoms with Gasteiger partial charge in [0.05, 0.1) is 12.7 Å². The number of fused-ring (bicyclic) bond motifs is 1. The molecule has 3 aromatic rings. The number of esters is 1. The molecule has 0 fully saturated rings. The molecule has 2 heterocycles. The Kier molecular flexibility index (Phi) is 6.92. The highest BCUT2D eigenvalue weighted by Gasteiger charge is 2.42. The van der Waals surface area contributed by atoms with Gasteiger partial charge in [-0.25, -0.2) is 4.79 Å². The van der Waals surface area contributed by atoms with Crippen molar-refractivity contribution >= 4 is 38.0 Å². The number of methoxy groups -OCH3 is 1. The molecule has 0 bridgehead atoms. The van der Waals surface area contributed by atoms with E-state index < -0.39 is 21.4 Å². The zero-order valence-corrected chi connectivity index (χ0v) is 22.7. The average Bonchev–Trinajstić information content (AvgIpc) is 3.36. The van der Waals surface area contributed by atoms with E-state index in [1.165, 1.54) is 0 Å². The fourth-order valence-corrected chi connectivity index (χ4v) is 6.03. The average molecular weight is 533 g/mol. The third-order valence-corrected chi connectivity index (χ3v) is 8.34. The Morgan fingerprint density at radius 3 is 2.63 bits per heavy atom. The molecule has 1 aliphatic carbocycles. The van der Waals surface area contributed by atoms with Gasteiger partial charge in [-0.3, -0.25) is 9.00 Å². The molecule has 1 aromatic heterocycles. The molecule has 0 radical (unpaired) electrons. The van der Waals surface area contributed by atoms with Crippen molar-refractivity contribution in [3.8, 4) is 5.75 Å². The first-order valence-corrected chi connectivity index (χ1v) is 14.9. The Morgan fingerprint density at radius 2 is 1.87 bits per heavy atom. The fourth-order valence-electron chi connectivity index (χ4n) is 5.59. The van der Waals surface area contributed by atoms with Gasteiger partial charge >= 0.3 is 5.97 Å². The van der Waals surface area contributed by atoms with Crippen molar-refractivity contribution in [2.75, 3.05) is 25.7 Å². The number of allylic oxidation sites excluding steroid dienone is 3. The number of ether oxygens (including phenoxy) is 2. The molecule has 2 aliphatic rings. The second kappa shape index (κ2) is 10.2. The summed E-state index contributed by atoms with van der Waals surface area (Å²) in [5.41, 5.74) is 5.23. The normalized spacial score (nSPS) is 21.1. The third-order valence-electron chi connectivity index (χ3n) is 7.31. The predicted octanol–water partition coefficient (Wildman–Crippen LogP) is 4.43. The molecule has 0 spiro atoms. The van der Waals surface area contributed by atoms with E-state index in [4.69, 9.17) is 9.47 Å². The van der Waals surface area contributed by atoms with Gasteiger partial charge in [0.2, 0.25) is 0 Å². The Labute approximate surface area is 222 Å². The van der Waals surface area contributed by atoms with Crippen molar-refractivity contribution in [2.45, 2.75) is 31.6 Å². The zero-order valence-electron chi connectivity index (χ0n) is 21.8. The molecular weight excluding hydrogens is 500 g/mol. The number of aromatic amines is 1. The van der Waals surface area contributed by atoms with Crippen LogP contribution < -0.4 is 10.1 Å². The summed E-state index contributed by atoms with van der Waals surface area (Å²) in [4.78, 5) is 30.7. The van der Waals surface area contributed by atoms with Crippen molar-refractivity contribution in [1.82, 2.24) is 10.3 Å². The van der Waals surface area contributed by atoms with Crippen LogP contribution in [-0.4, -0.2) is 52.5 Å². The van der Waals surface area contributed by atoms with Crippen LogP contribution in [-0.2, 0) is 23.8 Å².